The van der Waals surface area contributed by atoms with Crippen LogP contribution in [0.15, 0.2) is 42.6 Å². The maximum Gasteiger partial charge on any atom is 0.246 e. The highest BCUT2D eigenvalue weighted by Gasteiger charge is 2.17. The number of nitrogens with zero attached hydrogens (tertiary/aromatic N) is 3. The Balaban J connectivity index is 1.68. The molecule has 29 heavy (non-hydrogen) atoms. The number of nitrogens with one attached hydrogen (secondary N) is 1. The van der Waals surface area contributed by atoms with Gasteiger partial charge in [-0.1, -0.05) is 18.2 Å². The van der Waals surface area contributed by atoms with Crippen LogP contribution in [0, 0.1) is 0 Å². The van der Waals surface area contributed by atoms with Gasteiger partial charge in [-0.3, -0.25) is 14.5 Å². The van der Waals surface area contributed by atoms with Crippen molar-refractivity contribution in [3.63, 3.8) is 0 Å². The molecule has 152 valence electrons. The molecule has 0 radical (unpaired) electrons. The van der Waals surface area contributed by atoms with Crippen LogP contribution in [0.25, 0.3) is 6.08 Å². The number of aromatic nitrogens is 1. The van der Waals surface area contributed by atoms with Gasteiger partial charge in [0.05, 0.1) is 13.2 Å². The van der Waals surface area contributed by atoms with Crippen LogP contribution in [0.5, 0.6) is 5.75 Å². The lowest BCUT2D eigenvalue weighted by Gasteiger charge is -2.17. The van der Waals surface area contributed by atoms with E-state index in [1.54, 1.807) is 24.2 Å². The van der Waals surface area contributed by atoms with Crippen LogP contribution in [0.1, 0.15) is 23.6 Å². The second kappa shape index (κ2) is 9.34. The zero-order valence-corrected chi connectivity index (χ0v) is 17.0. The monoisotopic (exact) mass is 394 g/mol. The van der Waals surface area contributed by atoms with Gasteiger partial charge >= 0.3 is 0 Å². The number of rotatable bonds is 6. The van der Waals surface area contributed by atoms with Gasteiger partial charge in [0, 0.05) is 43.5 Å². The van der Waals surface area contributed by atoms with E-state index in [4.69, 9.17) is 4.74 Å². The molecule has 2 aromatic rings. The number of benzene rings is 1. The Bertz CT molecular complexity index is 926. The first kappa shape index (κ1) is 20.5. The van der Waals surface area contributed by atoms with Crippen LogP contribution in [-0.4, -0.2) is 53.8 Å². The number of hydrogen-bond donors (Lipinski definition) is 1. The summed E-state index contributed by atoms with van der Waals surface area (Å²) in [5, 5.41) is 2.80. The van der Waals surface area contributed by atoms with Gasteiger partial charge in [0.1, 0.15) is 11.6 Å². The Morgan fingerprint density at radius 2 is 2.14 bits per heavy atom. The molecule has 7 heteroatoms. The van der Waals surface area contributed by atoms with E-state index in [1.165, 1.54) is 6.08 Å². The average molecular weight is 394 g/mol. The largest absolute Gasteiger partial charge is 0.494 e. The molecule has 2 amide bonds. The molecule has 0 unspecified atom stereocenters. The Labute approximate surface area is 171 Å². The maximum atomic E-state index is 12.5. The first-order chi connectivity index (χ1) is 14.0. The fraction of sp³-hybridized carbons (Fsp3) is 0.318. The number of pyridine rings is 1. The summed E-state index contributed by atoms with van der Waals surface area (Å²) in [6.07, 6.45) is 4.93. The SMILES string of the molecule is CCOc1ccccc1CN(C)C(=O)/C=C/c1cnc2c(c1)CN(C)CC(=O)N2. The third kappa shape index (κ3) is 5.42. The number of fused-ring (bicyclic) bond motifs is 1. The third-order valence-electron chi connectivity index (χ3n) is 4.57. The van der Waals surface area contributed by atoms with Gasteiger partial charge in [-0.25, -0.2) is 4.98 Å². The molecule has 3 rings (SSSR count). The highest BCUT2D eigenvalue weighted by atomic mass is 16.5. The molecule has 0 aliphatic carbocycles. The molecular formula is C22H26N4O3. The lowest BCUT2D eigenvalue weighted by Crippen LogP contribution is -2.26. The summed E-state index contributed by atoms with van der Waals surface area (Å²) in [7, 11) is 3.64. The van der Waals surface area contributed by atoms with E-state index in [0.29, 0.717) is 32.1 Å². The second-order valence-electron chi connectivity index (χ2n) is 7.07. The highest BCUT2D eigenvalue weighted by molar-refractivity contribution is 5.93. The summed E-state index contributed by atoms with van der Waals surface area (Å²) in [4.78, 5) is 32.2. The zero-order valence-electron chi connectivity index (χ0n) is 17.0. The van der Waals surface area contributed by atoms with Crippen LogP contribution in [0.2, 0.25) is 0 Å². The molecular weight excluding hydrogens is 368 g/mol. The highest BCUT2D eigenvalue weighted by Crippen LogP contribution is 2.21. The summed E-state index contributed by atoms with van der Waals surface area (Å²) in [5.41, 5.74) is 2.70. The second-order valence-corrected chi connectivity index (χ2v) is 7.07. The number of ether oxygens (including phenoxy) is 1. The van der Waals surface area contributed by atoms with E-state index in [9.17, 15) is 9.59 Å². The van der Waals surface area contributed by atoms with Gasteiger partial charge < -0.3 is 15.0 Å². The number of anilines is 1. The van der Waals surface area contributed by atoms with Gasteiger partial charge in [0.2, 0.25) is 11.8 Å². The molecule has 1 N–H and O–H groups in total. The van der Waals surface area contributed by atoms with Crippen LogP contribution in [0.3, 0.4) is 0 Å². The quantitative estimate of drug-likeness (QED) is 0.762. The van der Waals surface area contributed by atoms with Crippen molar-refractivity contribution in [2.45, 2.75) is 20.0 Å². The van der Waals surface area contributed by atoms with E-state index in [1.807, 2.05) is 49.2 Å². The average Bonchev–Trinajstić information content (AvgIpc) is 2.83. The van der Waals surface area contributed by atoms with Crippen molar-refractivity contribution >= 4 is 23.7 Å². The Morgan fingerprint density at radius 3 is 2.93 bits per heavy atom. The number of carbonyl (C=O) groups is 2. The summed E-state index contributed by atoms with van der Waals surface area (Å²) in [5.74, 6) is 1.18. The Hall–Kier alpha value is -3.19. The van der Waals surface area contributed by atoms with Crippen LogP contribution in [0.4, 0.5) is 5.82 Å². The normalized spacial score (nSPS) is 14.2. The van der Waals surface area contributed by atoms with Gasteiger partial charge in [-0.15, -0.1) is 0 Å². The van der Waals surface area contributed by atoms with Crippen molar-refractivity contribution in [2.75, 3.05) is 32.6 Å². The number of para-hydroxylation sites is 1. The molecule has 1 aromatic carbocycles. The van der Waals surface area contributed by atoms with Crippen molar-refractivity contribution < 1.29 is 14.3 Å². The predicted octanol–water partition coefficient (Wildman–Crippen LogP) is 2.54. The van der Waals surface area contributed by atoms with Gasteiger partial charge in [0.15, 0.2) is 0 Å². The number of hydrogen-bond acceptors (Lipinski definition) is 5. The van der Waals surface area contributed by atoms with E-state index < -0.39 is 0 Å². The molecule has 7 nitrogen and oxygen atoms in total. The zero-order chi connectivity index (χ0) is 20.8. The molecule has 1 aliphatic heterocycles. The van der Waals surface area contributed by atoms with Gasteiger partial charge in [0.25, 0.3) is 0 Å². The van der Waals surface area contributed by atoms with Crippen LogP contribution < -0.4 is 10.1 Å². The number of amides is 2. The summed E-state index contributed by atoms with van der Waals surface area (Å²) in [6, 6.07) is 9.66. The molecule has 0 fully saturated rings. The van der Waals surface area contributed by atoms with Crippen molar-refractivity contribution in [3.8, 4) is 5.75 Å². The van der Waals surface area contributed by atoms with Crippen molar-refractivity contribution in [2.24, 2.45) is 0 Å². The molecule has 2 heterocycles. The minimum Gasteiger partial charge on any atom is -0.494 e. The predicted molar refractivity (Wildman–Crippen MR) is 112 cm³/mol. The summed E-state index contributed by atoms with van der Waals surface area (Å²) < 4.78 is 5.63. The van der Waals surface area contributed by atoms with Crippen molar-refractivity contribution in [3.05, 3.63) is 59.3 Å². The van der Waals surface area contributed by atoms with Crippen molar-refractivity contribution in [1.82, 2.24) is 14.8 Å². The molecule has 0 saturated carbocycles. The molecule has 0 bridgehead atoms. The van der Waals surface area contributed by atoms with E-state index in [-0.39, 0.29) is 11.8 Å². The fourth-order valence-corrected chi connectivity index (χ4v) is 3.18. The lowest BCUT2D eigenvalue weighted by atomic mass is 10.1. The standard InChI is InChI=1S/C22H26N4O3/c1-4-29-19-8-6-5-7-17(19)14-26(3)21(28)10-9-16-11-18-13-25(2)15-20(27)24-22(18)23-12-16/h5-12H,4,13-15H2,1-3H3,(H,23,24,27)/b10-9+. The first-order valence-corrected chi connectivity index (χ1v) is 9.57. The smallest absolute Gasteiger partial charge is 0.246 e. The minimum atomic E-state index is -0.114. The lowest BCUT2D eigenvalue weighted by molar-refractivity contribution is -0.125. The number of likely N-dealkylation sites (N-methyl/N-ethyl adjacent to an activating group) is 2. The van der Waals surface area contributed by atoms with Gasteiger partial charge in [-0.2, -0.15) is 0 Å². The minimum absolute atomic E-state index is 0.0776. The molecule has 1 aromatic heterocycles. The van der Waals surface area contributed by atoms with Crippen molar-refractivity contribution in [1.29, 1.82) is 0 Å². The summed E-state index contributed by atoms with van der Waals surface area (Å²) in [6.45, 7) is 3.92. The van der Waals surface area contributed by atoms with Crippen LogP contribution in [-0.2, 0) is 22.7 Å². The number of carbonyl (C=O) groups excluding carboxylic acids is 2. The topological polar surface area (TPSA) is 74.8 Å². The maximum absolute atomic E-state index is 12.5. The van der Waals surface area contributed by atoms with E-state index in [0.717, 1.165) is 22.4 Å². The first-order valence-electron chi connectivity index (χ1n) is 9.57. The van der Waals surface area contributed by atoms with Gasteiger partial charge in [-0.05, 0) is 37.7 Å². The fourth-order valence-electron chi connectivity index (χ4n) is 3.18. The summed E-state index contributed by atoms with van der Waals surface area (Å²) >= 11 is 0. The Morgan fingerprint density at radius 1 is 1.34 bits per heavy atom. The Kier molecular flexibility index (Phi) is 6.61. The third-order valence-corrected chi connectivity index (χ3v) is 4.57. The molecule has 1 aliphatic rings. The molecule has 0 spiro atoms. The van der Waals surface area contributed by atoms with Crippen LogP contribution >= 0.6 is 0 Å². The molecule has 0 atom stereocenters. The van der Waals surface area contributed by atoms with E-state index >= 15 is 0 Å². The molecule has 0 saturated heterocycles. The van der Waals surface area contributed by atoms with E-state index in [2.05, 4.69) is 10.3 Å².